The Morgan fingerprint density at radius 3 is 2.43 bits per heavy atom. The van der Waals surface area contributed by atoms with Crippen LogP contribution in [0, 0.1) is 0 Å². The quantitative estimate of drug-likeness (QED) is 0.405. The molecule has 0 aliphatic heterocycles. The summed E-state index contributed by atoms with van der Waals surface area (Å²) in [6.07, 6.45) is 0.860. The van der Waals surface area contributed by atoms with Crippen molar-refractivity contribution in [2.75, 3.05) is 20.3 Å². The van der Waals surface area contributed by atoms with E-state index in [1.54, 1.807) is 7.11 Å². The van der Waals surface area contributed by atoms with E-state index in [1.165, 1.54) is 0 Å². The zero-order chi connectivity index (χ0) is 14.7. The van der Waals surface area contributed by atoms with E-state index >= 15 is 0 Å². The predicted octanol–water partition coefficient (Wildman–Crippen LogP) is 3.83. The molecule has 3 aromatic carbocycles. The molecular formula is C18H16O3. The molecule has 0 bridgehead atoms. The molecule has 0 aliphatic carbocycles. The summed E-state index contributed by atoms with van der Waals surface area (Å²) < 4.78 is 10.6. The predicted molar refractivity (Wildman–Crippen MR) is 84.2 cm³/mol. The van der Waals surface area contributed by atoms with Gasteiger partial charge in [0, 0.05) is 7.11 Å². The van der Waals surface area contributed by atoms with Crippen molar-refractivity contribution in [3.63, 3.8) is 0 Å². The van der Waals surface area contributed by atoms with Crippen molar-refractivity contribution in [1.29, 1.82) is 0 Å². The monoisotopic (exact) mass is 280 g/mol. The van der Waals surface area contributed by atoms with Crippen molar-refractivity contribution in [1.82, 2.24) is 0 Å². The van der Waals surface area contributed by atoms with Crippen molar-refractivity contribution in [2.45, 2.75) is 0 Å². The van der Waals surface area contributed by atoms with Crippen LogP contribution in [0.1, 0.15) is 10.4 Å². The van der Waals surface area contributed by atoms with E-state index in [2.05, 4.69) is 12.1 Å². The van der Waals surface area contributed by atoms with E-state index in [0.717, 1.165) is 27.8 Å². The van der Waals surface area contributed by atoms with Gasteiger partial charge in [-0.15, -0.1) is 0 Å². The maximum absolute atomic E-state index is 11.5. The highest BCUT2D eigenvalue weighted by molar-refractivity contribution is 6.06. The molecule has 3 nitrogen and oxygen atoms in total. The first kappa shape index (κ1) is 13.6. The second-order valence-corrected chi connectivity index (χ2v) is 4.86. The van der Waals surface area contributed by atoms with E-state index in [-0.39, 0.29) is 0 Å². The molecule has 0 aliphatic rings. The van der Waals surface area contributed by atoms with Crippen molar-refractivity contribution in [3.05, 3.63) is 54.1 Å². The number of carbonyl (C=O) groups is 1. The van der Waals surface area contributed by atoms with Crippen LogP contribution < -0.4 is 4.74 Å². The summed E-state index contributed by atoms with van der Waals surface area (Å²) in [5.74, 6) is 0.602. The lowest BCUT2D eigenvalue weighted by atomic mass is 9.99. The maximum atomic E-state index is 11.5. The molecule has 3 rings (SSSR count). The SMILES string of the molecule is COCCOc1ccc2cc3ccccc3cc2c1C=O. The minimum atomic E-state index is 0.427. The van der Waals surface area contributed by atoms with Crippen LogP contribution in [0.25, 0.3) is 21.5 Å². The standard InChI is InChI=1S/C18H16O3/c1-20-8-9-21-18-7-6-15-10-13-4-2-3-5-14(13)11-16(15)17(18)12-19/h2-7,10-12H,8-9H2,1H3. The van der Waals surface area contributed by atoms with Gasteiger partial charge in [0.25, 0.3) is 0 Å². The molecule has 0 heterocycles. The number of benzene rings is 3. The van der Waals surface area contributed by atoms with Gasteiger partial charge in [-0.2, -0.15) is 0 Å². The minimum Gasteiger partial charge on any atom is -0.490 e. The number of hydrogen-bond acceptors (Lipinski definition) is 3. The van der Waals surface area contributed by atoms with E-state index in [1.807, 2.05) is 36.4 Å². The second kappa shape index (κ2) is 5.94. The van der Waals surface area contributed by atoms with Gasteiger partial charge in [-0.3, -0.25) is 4.79 Å². The molecule has 0 fully saturated rings. The Kier molecular flexibility index (Phi) is 3.84. The van der Waals surface area contributed by atoms with E-state index in [4.69, 9.17) is 9.47 Å². The Hall–Kier alpha value is -2.39. The van der Waals surface area contributed by atoms with E-state index < -0.39 is 0 Å². The van der Waals surface area contributed by atoms with Crippen LogP contribution in [0.15, 0.2) is 48.5 Å². The molecule has 3 aromatic rings. The molecule has 0 saturated heterocycles. The normalized spacial score (nSPS) is 10.9. The van der Waals surface area contributed by atoms with Crippen molar-refractivity contribution < 1.29 is 14.3 Å². The van der Waals surface area contributed by atoms with Crippen LogP contribution in [-0.4, -0.2) is 26.6 Å². The van der Waals surface area contributed by atoms with Crippen molar-refractivity contribution in [2.24, 2.45) is 0 Å². The van der Waals surface area contributed by atoms with Gasteiger partial charge >= 0.3 is 0 Å². The average Bonchev–Trinajstić information content (AvgIpc) is 2.53. The van der Waals surface area contributed by atoms with Crippen LogP contribution in [0.3, 0.4) is 0 Å². The Labute approximate surface area is 123 Å². The summed E-state index contributed by atoms with van der Waals surface area (Å²) in [5.41, 5.74) is 0.592. The molecule has 0 aromatic heterocycles. The van der Waals surface area contributed by atoms with E-state index in [0.29, 0.717) is 24.5 Å². The van der Waals surface area contributed by atoms with Crippen LogP contribution >= 0.6 is 0 Å². The first-order valence-corrected chi connectivity index (χ1v) is 6.86. The molecule has 3 heteroatoms. The lowest BCUT2D eigenvalue weighted by Gasteiger charge is -2.11. The van der Waals surface area contributed by atoms with E-state index in [9.17, 15) is 4.79 Å². The molecule has 106 valence electrons. The Morgan fingerprint density at radius 2 is 1.71 bits per heavy atom. The fourth-order valence-electron chi connectivity index (χ4n) is 2.50. The van der Waals surface area contributed by atoms with Crippen molar-refractivity contribution in [3.8, 4) is 5.75 Å². The largest absolute Gasteiger partial charge is 0.490 e. The fourth-order valence-corrected chi connectivity index (χ4v) is 2.50. The molecule has 0 saturated carbocycles. The van der Waals surface area contributed by atoms with Gasteiger partial charge in [0.2, 0.25) is 0 Å². The number of rotatable bonds is 5. The van der Waals surface area contributed by atoms with Crippen LogP contribution in [0.4, 0.5) is 0 Å². The van der Waals surface area contributed by atoms with Gasteiger partial charge in [0.15, 0.2) is 6.29 Å². The molecule has 0 N–H and O–H groups in total. The number of hydrogen-bond donors (Lipinski definition) is 0. The molecule has 21 heavy (non-hydrogen) atoms. The van der Waals surface area contributed by atoms with Crippen LogP contribution in [0.5, 0.6) is 5.75 Å². The first-order valence-electron chi connectivity index (χ1n) is 6.86. The molecule has 0 radical (unpaired) electrons. The molecule has 0 unspecified atom stereocenters. The molecule has 0 spiro atoms. The second-order valence-electron chi connectivity index (χ2n) is 4.86. The Bertz CT molecular complexity index is 793. The topological polar surface area (TPSA) is 35.5 Å². The van der Waals surface area contributed by atoms with Gasteiger partial charge < -0.3 is 9.47 Å². The Balaban J connectivity index is 2.14. The highest BCUT2D eigenvalue weighted by Gasteiger charge is 2.09. The highest BCUT2D eigenvalue weighted by Crippen LogP contribution is 2.30. The smallest absolute Gasteiger partial charge is 0.154 e. The molecule has 0 atom stereocenters. The van der Waals surface area contributed by atoms with Gasteiger partial charge in [-0.05, 0) is 39.7 Å². The molecule has 0 amide bonds. The number of fused-ring (bicyclic) bond motifs is 2. The summed E-state index contributed by atoms with van der Waals surface area (Å²) in [6.45, 7) is 0.921. The lowest BCUT2D eigenvalue weighted by molar-refractivity contribution is 0.111. The average molecular weight is 280 g/mol. The van der Waals surface area contributed by atoms with Crippen LogP contribution in [0.2, 0.25) is 0 Å². The zero-order valence-electron chi connectivity index (χ0n) is 11.8. The number of ether oxygens (including phenoxy) is 2. The summed E-state index contributed by atoms with van der Waals surface area (Å²) >= 11 is 0. The van der Waals surface area contributed by atoms with Crippen molar-refractivity contribution >= 4 is 27.8 Å². The Morgan fingerprint density at radius 1 is 0.952 bits per heavy atom. The lowest BCUT2D eigenvalue weighted by Crippen LogP contribution is -2.06. The highest BCUT2D eigenvalue weighted by atomic mass is 16.5. The summed E-state index contributed by atoms with van der Waals surface area (Å²) in [5, 5.41) is 4.23. The zero-order valence-corrected chi connectivity index (χ0v) is 11.8. The van der Waals surface area contributed by atoms with Gasteiger partial charge in [0.05, 0.1) is 12.2 Å². The third-order valence-electron chi connectivity index (χ3n) is 3.55. The third-order valence-corrected chi connectivity index (χ3v) is 3.55. The molecular weight excluding hydrogens is 264 g/mol. The maximum Gasteiger partial charge on any atom is 0.154 e. The summed E-state index contributed by atoms with van der Waals surface area (Å²) in [6, 6.07) is 16.1. The first-order chi connectivity index (χ1) is 10.3. The van der Waals surface area contributed by atoms with Crippen LogP contribution in [-0.2, 0) is 4.74 Å². The fraction of sp³-hybridized carbons (Fsp3) is 0.167. The number of aldehydes is 1. The van der Waals surface area contributed by atoms with Gasteiger partial charge in [-0.1, -0.05) is 30.3 Å². The minimum absolute atomic E-state index is 0.427. The number of methoxy groups -OCH3 is 1. The summed E-state index contributed by atoms with van der Waals surface area (Å²) in [7, 11) is 1.62. The van der Waals surface area contributed by atoms with Gasteiger partial charge in [-0.25, -0.2) is 0 Å². The number of carbonyl (C=O) groups excluding carboxylic acids is 1. The van der Waals surface area contributed by atoms with Gasteiger partial charge in [0.1, 0.15) is 12.4 Å². The summed E-state index contributed by atoms with van der Waals surface area (Å²) in [4.78, 5) is 11.5. The third kappa shape index (κ3) is 2.60.